The predicted octanol–water partition coefficient (Wildman–Crippen LogP) is 4.14. The minimum Gasteiger partial charge on any atom is -0.477 e. The van der Waals surface area contributed by atoms with Crippen LogP contribution < -0.4 is 5.32 Å². The zero-order valence-corrected chi connectivity index (χ0v) is 15.0. The normalized spacial score (nSPS) is 14.3. The van der Waals surface area contributed by atoms with Gasteiger partial charge in [-0.1, -0.05) is 48.9 Å². The molecule has 0 saturated heterocycles. The van der Waals surface area contributed by atoms with E-state index in [1.165, 1.54) is 24.8 Å². The summed E-state index contributed by atoms with van der Waals surface area (Å²) in [5, 5.41) is 13.3. The molecule has 0 unspecified atom stereocenters. The number of aromatic carboxylic acids is 1. The topological polar surface area (TPSA) is 54.3 Å². The molecule has 0 aliphatic heterocycles. The summed E-state index contributed by atoms with van der Waals surface area (Å²) in [6.45, 7) is 9.07. The van der Waals surface area contributed by atoms with Crippen molar-refractivity contribution in [2.75, 3.05) is 0 Å². The first kappa shape index (κ1) is 17.5. The van der Waals surface area contributed by atoms with E-state index in [-0.39, 0.29) is 0 Å². The van der Waals surface area contributed by atoms with Crippen LogP contribution in [-0.2, 0) is 13.1 Å². The molecule has 25 heavy (non-hydrogen) atoms. The van der Waals surface area contributed by atoms with Gasteiger partial charge in [0.25, 0.3) is 0 Å². The van der Waals surface area contributed by atoms with Crippen molar-refractivity contribution < 1.29 is 9.90 Å². The Morgan fingerprint density at radius 3 is 2.52 bits per heavy atom. The molecular weight excluding hydrogens is 312 g/mol. The molecule has 3 rings (SSSR count). The fourth-order valence-electron chi connectivity index (χ4n) is 3.45. The van der Waals surface area contributed by atoms with Gasteiger partial charge in [0.05, 0.1) is 0 Å². The average Bonchev–Trinajstić information content (AvgIpc) is 2.80. The van der Waals surface area contributed by atoms with E-state index in [9.17, 15) is 9.90 Å². The van der Waals surface area contributed by atoms with Gasteiger partial charge in [0.15, 0.2) is 0 Å². The van der Waals surface area contributed by atoms with E-state index in [4.69, 9.17) is 0 Å². The van der Waals surface area contributed by atoms with Crippen LogP contribution in [0.4, 0.5) is 0 Å². The Morgan fingerprint density at radius 2 is 2.00 bits per heavy atom. The molecule has 1 aromatic carbocycles. The standard InChI is InChI=1S/C21H26N2O2/c1-4-18-15(3)23(13-16-10-8-14(2)9-11-16)20(21(24)25)19(18)12-22-17-6-5-7-17/h4,8-11,17,22H,1,5-7,12-13H2,2-3H3,(H,24,25). The number of carbonyl (C=O) groups is 1. The van der Waals surface area contributed by atoms with Gasteiger partial charge >= 0.3 is 5.97 Å². The monoisotopic (exact) mass is 338 g/mol. The van der Waals surface area contributed by atoms with Gasteiger partial charge < -0.3 is 15.0 Å². The van der Waals surface area contributed by atoms with E-state index < -0.39 is 5.97 Å². The Balaban J connectivity index is 1.97. The molecule has 132 valence electrons. The largest absolute Gasteiger partial charge is 0.477 e. The Bertz CT molecular complexity index is 783. The van der Waals surface area contributed by atoms with Crippen LogP contribution in [0.3, 0.4) is 0 Å². The molecule has 1 heterocycles. The molecule has 0 spiro atoms. The molecule has 4 nitrogen and oxygen atoms in total. The van der Waals surface area contributed by atoms with Crippen LogP contribution in [0.15, 0.2) is 30.8 Å². The second kappa shape index (κ2) is 7.28. The Hall–Kier alpha value is -2.33. The summed E-state index contributed by atoms with van der Waals surface area (Å²) in [5.41, 5.74) is 5.41. The van der Waals surface area contributed by atoms with Crippen molar-refractivity contribution in [3.05, 3.63) is 64.5 Å². The number of carboxylic acids is 1. The first-order valence-electron chi connectivity index (χ1n) is 8.88. The van der Waals surface area contributed by atoms with Crippen molar-refractivity contribution >= 4 is 12.0 Å². The third-order valence-electron chi connectivity index (χ3n) is 5.22. The van der Waals surface area contributed by atoms with Crippen molar-refractivity contribution in [3.8, 4) is 0 Å². The fraction of sp³-hybridized carbons (Fsp3) is 0.381. The van der Waals surface area contributed by atoms with Crippen molar-refractivity contribution in [1.82, 2.24) is 9.88 Å². The van der Waals surface area contributed by atoms with Crippen LogP contribution in [-0.4, -0.2) is 21.7 Å². The average molecular weight is 338 g/mol. The summed E-state index contributed by atoms with van der Waals surface area (Å²) < 4.78 is 1.90. The summed E-state index contributed by atoms with van der Waals surface area (Å²) in [6.07, 6.45) is 5.39. The summed E-state index contributed by atoms with van der Waals surface area (Å²) >= 11 is 0. The molecule has 4 heteroatoms. The van der Waals surface area contributed by atoms with Crippen LogP contribution >= 0.6 is 0 Å². The predicted molar refractivity (Wildman–Crippen MR) is 101 cm³/mol. The van der Waals surface area contributed by atoms with Crippen molar-refractivity contribution in [2.24, 2.45) is 0 Å². The molecule has 1 fully saturated rings. The number of benzene rings is 1. The Kier molecular flexibility index (Phi) is 5.09. The Morgan fingerprint density at radius 1 is 1.32 bits per heavy atom. The lowest BCUT2D eigenvalue weighted by Gasteiger charge is -2.26. The molecule has 1 saturated carbocycles. The number of rotatable bonds is 7. The maximum atomic E-state index is 12.0. The van der Waals surface area contributed by atoms with Crippen molar-refractivity contribution in [2.45, 2.75) is 52.2 Å². The number of hydrogen-bond donors (Lipinski definition) is 2. The highest BCUT2D eigenvalue weighted by Gasteiger charge is 2.25. The highest BCUT2D eigenvalue weighted by atomic mass is 16.4. The van der Waals surface area contributed by atoms with Gasteiger partial charge in [-0.25, -0.2) is 4.79 Å². The lowest BCUT2D eigenvalue weighted by atomic mass is 9.93. The van der Waals surface area contributed by atoms with Crippen LogP contribution in [0.5, 0.6) is 0 Å². The van der Waals surface area contributed by atoms with E-state index in [0.717, 1.165) is 22.4 Å². The minimum atomic E-state index is -0.881. The van der Waals surface area contributed by atoms with E-state index >= 15 is 0 Å². The molecule has 0 atom stereocenters. The Labute approximate surface area is 149 Å². The van der Waals surface area contributed by atoms with Gasteiger partial charge in [0.1, 0.15) is 5.69 Å². The summed E-state index contributed by atoms with van der Waals surface area (Å²) in [6, 6.07) is 8.74. The fourth-order valence-corrected chi connectivity index (χ4v) is 3.45. The number of nitrogens with zero attached hydrogens (tertiary/aromatic N) is 1. The molecule has 1 aromatic heterocycles. The second-order valence-corrected chi connectivity index (χ2v) is 6.92. The van der Waals surface area contributed by atoms with Crippen LogP contribution in [0.1, 0.15) is 57.7 Å². The molecule has 0 radical (unpaired) electrons. The van der Waals surface area contributed by atoms with Crippen LogP contribution in [0.2, 0.25) is 0 Å². The van der Waals surface area contributed by atoms with Crippen molar-refractivity contribution in [3.63, 3.8) is 0 Å². The molecular formula is C21H26N2O2. The summed E-state index contributed by atoms with van der Waals surface area (Å²) in [5.74, 6) is -0.881. The van der Waals surface area contributed by atoms with E-state index in [0.29, 0.717) is 24.8 Å². The second-order valence-electron chi connectivity index (χ2n) is 6.92. The van der Waals surface area contributed by atoms with E-state index in [1.54, 1.807) is 6.08 Å². The van der Waals surface area contributed by atoms with E-state index in [1.807, 2.05) is 18.4 Å². The van der Waals surface area contributed by atoms with Gasteiger partial charge in [-0.3, -0.25) is 0 Å². The van der Waals surface area contributed by atoms with Crippen LogP contribution in [0.25, 0.3) is 6.08 Å². The first-order chi connectivity index (χ1) is 12.0. The quantitative estimate of drug-likeness (QED) is 0.798. The third kappa shape index (κ3) is 3.54. The molecule has 0 bridgehead atoms. The highest BCUT2D eigenvalue weighted by Crippen LogP contribution is 2.27. The SMILES string of the molecule is C=Cc1c(CNC2CCC2)c(C(=O)O)n(Cc2ccc(C)cc2)c1C. The van der Waals surface area contributed by atoms with E-state index in [2.05, 4.69) is 36.2 Å². The number of nitrogens with one attached hydrogen (secondary N) is 1. The zero-order chi connectivity index (χ0) is 18.0. The van der Waals surface area contributed by atoms with Crippen molar-refractivity contribution in [1.29, 1.82) is 0 Å². The molecule has 1 aliphatic carbocycles. The zero-order valence-electron chi connectivity index (χ0n) is 15.0. The van der Waals surface area contributed by atoms with Gasteiger partial charge in [0.2, 0.25) is 0 Å². The third-order valence-corrected chi connectivity index (χ3v) is 5.22. The number of aromatic nitrogens is 1. The maximum absolute atomic E-state index is 12.0. The summed E-state index contributed by atoms with van der Waals surface area (Å²) in [4.78, 5) is 12.0. The summed E-state index contributed by atoms with van der Waals surface area (Å²) in [7, 11) is 0. The number of aryl methyl sites for hydroxylation is 1. The number of carboxylic acid groups (broad SMARTS) is 1. The van der Waals surface area contributed by atoms with Gasteiger partial charge in [-0.2, -0.15) is 0 Å². The highest BCUT2D eigenvalue weighted by molar-refractivity contribution is 5.90. The smallest absolute Gasteiger partial charge is 0.352 e. The molecule has 2 N–H and O–H groups in total. The first-order valence-corrected chi connectivity index (χ1v) is 8.88. The molecule has 1 aliphatic rings. The lowest BCUT2D eigenvalue weighted by molar-refractivity contribution is 0.0683. The molecule has 2 aromatic rings. The maximum Gasteiger partial charge on any atom is 0.352 e. The van der Waals surface area contributed by atoms with Gasteiger partial charge in [-0.15, -0.1) is 0 Å². The van der Waals surface area contributed by atoms with Gasteiger partial charge in [-0.05, 0) is 37.8 Å². The lowest BCUT2D eigenvalue weighted by Crippen LogP contribution is -2.35. The minimum absolute atomic E-state index is 0.375. The van der Waals surface area contributed by atoms with Crippen LogP contribution in [0, 0.1) is 13.8 Å². The molecule has 0 amide bonds. The number of hydrogen-bond acceptors (Lipinski definition) is 2. The van der Waals surface area contributed by atoms with Gasteiger partial charge in [0, 0.05) is 30.4 Å².